The van der Waals surface area contributed by atoms with Crippen molar-refractivity contribution in [1.82, 2.24) is 19.9 Å². The number of hydrogen-bond donors (Lipinski definition) is 0. The summed E-state index contributed by atoms with van der Waals surface area (Å²) in [7, 11) is 0. The van der Waals surface area contributed by atoms with Crippen LogP contribution in [0.4, 0.5) is 0 Å². The third-order valence-corrected chi connectivity index (χ3v) is 9.86. The predicted octanol–water partition coefficient (Wildman–Crippen LogP) is 12.6. The molecule has 5 aromatic carbocycles. The summed E-state index contributed by atoms with van der Waals surface area (Å²) in [4.78, 5) is 18.0. The van der Waals surface area contributed by atoms with Gasteiger partial charge in [-0.1, -0.05) is 109 Å². The van der Waals surface area contributed by atoms with E-state index in [0.29, 0.717) is 0 Å². The summed E-state index contributed by atoms with van der Waals surface area (Å²) >= 11 is 0. The highest BCUT2D eigenvalue weighted by Gasteiger charge is 2.18. The molecule has 254 valence electrons. The molecule has 0 aliphatic carbocycles. The fourth-order valence-electron chi connectivity index (χ4n) is 7.06. The number of pyridine rings is 4. The smallest absolute Gasteiger partial charge is 0.0708 e. The fourth-order valence-corrected chi connectivity index (χ4v) is 7.06. The molecule has 0 bridgehead atoms. The van der Waals surface area contributed by atoms with Gasteiger partial charge in [-0.3, -0.25) is 19.9 Å². The Morgan fingerprint density at radius 1 is 0.222 bits per heavy atom. The predicted molar refractivity (Wildman–Crippen MR) is 221 cm³/mol. The van der Waals surface area contributed by atoms with E-state index in [1.807, 2.05) is 73.6 Å². The van der Waals surface area contributed by atoms with E-state index in [-0.39, 0.29) is 0 Å². The lowest BCUT2D eigenvalue weighted by Gasteiger charge is -2.19. The second kappa shape index (κ2) is 14.7. The topological polar surface area (TPSA) is 51.6 Å². The molecule has 4 heteroatoms. The highest BCUT2D eigenvalue weighted by Crippen LogP contribution is 2.44. The van der Waals surface area contributed by atoms with Crippen LogP contribution in [-0.2, 0) is 0 Å². The van der Waals surface area contributed by atoms with E-state index in [0.717, 1.165) is 89.3 Å². The monoisotopic (exact) mass is 690 g/mol. The molecule has 9 rings (SSSR count). The largest absolute Gasteiger partial charge is 0.265 e. The van der Waals surface area contributed by atoms with E-state index in [4.69, 9.17) is 9.97 Å². The highest BCUT2D eigenvalue weighted by molar-refractivity contribution is 5.96. The zero-order valence-electron chi connectivity index (χ0n) is 29.4. The first-order valence-corrected chi connectivity index (χ1v) is 18.0. The molecular weight excluding hydrogens is 657 g/mol. The van der Waals surface area contributed by atoms with Gasteiger partial charge in [-0.25, -0.2) is 0 Å². The van der Waals surface area contributed by atoms with Crippen LogP contribution in [0.15, 0.2) is 207 Å². The summed E-state index contributed by atoms with van der Waals surface area (Å²) in [5.41, 5.74) is 17.5. The van der Waals surface area contributed by atoms with Crippen molar-refractivity contribution in [2.45, 2.75) is 0 Å². The van der Waals surface area contributed by atoms with E-state index in [2.05, 4.69) is 143 Å². The summed E-state index contributed by atoms with van der Waals surface area (Å²) in [6, 6.07) is 60.0. The maximum Gasteiger partial charge on any atom is 0.0708 e. The molecule has 0 saturated carbocycles. The van der Waals surface area contributed by atoms with E-state index in [9.17, 15) is 0 Å². The Kier molecular flexibility index (Phi) is 8.90. The first-order chi connectivity index (χ1) is 26.8. The van der Waals surface area contributed by atoms with Gasteiger partial charge in [0.25, 0.3) is 0 Å². The van der Waals surface area contributed by atoms with Crippen molar-refractivity contribution >= 4 is 0 Å². The van der Waals surface area contributed by atoms with Crippen LogP contribution in [0.2, 0.25) is 0 Å². The zero-order valence-corrected chi connectivity index (χ0v) is 29.4. The summed E-state index contributed by atoms with van der Waals surface area (Å²) in [6.07, 6.45) is 11.2. The first-order valence-electron chi connectivity index (χ1n) is 18.0. The number of aromatic nitrogens is 4. The molecule has 0 aliphatic heterocycles. The molecule has 0 N–H and O–H groups in total. The molecule has 0 fully saturated rings. The van der Waals surface area contributed by atoms with Crippen LogP contribution in [0.25, 0.3) is 89.3 Å². The number of nitrogens with zero attached hydrogens (tertiary/aromatic N) is 4. The van der Waals surface area contributed by atoms with Crippen molar-refractivity contribution in [3.8, 4) is 89.3 Å². The van der Waals surface area contributed by atoms with Gasteiger partial charge in [0.1, 0.15) is 0 Å². The van der Waals surface area contributed by atoms with Crippen LogP contribution in [0.1, 0.15) is 0 Å². The zero-order chi connectivity index (χ0) is 36.1. The summed E-state index contributed by atoms with van der Waals surface area (Å²) in [6.45, 7) is 0. The fraction of sp³-hybridized carbons (Fsp3) is 0. The van der Waals surface area contributed by atoms with Gasteiger partial charge in [-0.2, -0.15) is 0 Å². The second-order valence-corrected chi connectivity index (χ2v) is 13.2. The lowest BCUT2D eigenvalue weighted by Crippen LogP contribution is -1.94. The Labute approximate surface area is 315 Å². The minimum absolute atomic E-state index is 0.930. The van der Waals surface area contributed by atoms with Gasteiger partial charge >= 0.3 is 0 Å². The van der Waals surface area contributed by atoms with Gasteiger partial charge in [-0.05, 0) is 127 Å². The highest BCUT2D eigenvalue weighted by atomic mass is 14.7. The van der Waals surface area contributed by atoms with Crippen molar-refractivity contribution in [3.05, 3.63) is 207 Å². The summed E-state index contributed by atoms with van der Waals surface area (Å²) in [5.74, 6) is 0. The van der Waals surface area contributed by atoms with Crippen molar-refractivity contribution < 1.29 is 0 Å². The van der Waals surface area contributed by atoms with E-state index < -0.39 is 0 Å². The minimum atomic E-state index is 0.930. The Hall–Kier alpha value is -7.30. The van der Waals surface area contributed by atoms with Crippen LogP contribution >= 0.6 is 0 Å². The summed E-state index contributed by atoms with van der Waals surface area (Å²) in [5, 5.41) is 0. The lowest BCUT2D eigenvalue weighted by atomic mass is 9.85. The van der Waals surface area contributed by atoms with E-state index in [1.54, 1.807) is 0 Å². The quantitative estimate of drug-likeness (QED) is 0.159. The molecule has 0 amide bonds. The van der Waals surface area contributed by atoms with Crippen LogP contribution < -0.4 is 0 Å². The van der Waals surface area contributed by atoms with Crippen molar-refractivity contribution in [1.29, 1.82) is 0 Å². The third kappa shape index (κ3) is 6.72. The molecule has 9 aromatic rings. The average molecular weight is 691 g/mol. The minimum Gasteiger partial charge on any atom is -0.265 e. The van der Waals surface area contributed by atoms with Gasteiger partial charge in [0.2, 0.25) is 0 Å². The van der Waals surface area contributed by atoms with Crippen LogP contribution in [0, 0.1) is 0 Å². The van der Waals surface area contributed by atoms with Crippen LogP contribution in [-0.4, -0.2) is 19.9 Å². The Bertz CT molecular complexity index is 2470. The van der Waals surface area contributed by atoms with Gasteiger partial charge in [-0.15, -0.1) is 0 Å². The molecule has 4 heterocycles. The maximum atomic E-state index is 4.79. The van der Waals surface area contributed by atoms with Gasteiger partial charge in [0.05, 0.1) is 11.4 Å². The lowest BCUT2D eigenvalue weighted by molar-refractivity contribution is 1.32. The molecule has 4 aromatic heterocycles. The van der Waals surface area contributed by atoms with E-state index >= 15 is 0 Å². The van der Waals surface area contributed by atoms with Crippen molar-refractivity contribution in [2.75, 3.05) is 0 Å². The molecule has 0 radical (unpaired) electrons. The Balaban J connectivity index is 1.27. The number of hydrogen-bond acceptors (Lipinski definition) is 4. The van der Waals surface area contributed by atoms with Crippen molar-refractivity contribution in [2.24, 2.45) is 0 Å². The standard InChI is InChI=1S/C50H34N4/c1-3-7-41(8-4-1)49-31-43(23-29-53-49)47-34-48(44-24-30-54-50(32-44)42-9-5-2-6-10-42)46(40-17-13-36(14-18-40)38-21-27-52-28-22-38)33-45(47)39-15-11-35(12-16-39)37-19-25-51-26-20-37/h1-34H. The molecule has 0 saturated heterocycles. The van der Waals surface area contributed by atoms with Crippen molar-refractivity contribution in [3.63, 3.8) is 0 Å². The molecule has 0 aliphatic rings. The molecule has 54 heavy (non-hydrogen) atoms. The van der Waals surface area contributed by atoms with E-state index in [1.165, 1.54) is 0 Å². The number of benzene rings is 5. The van der Waals surface area contributed by atoms with Gasteiger partial charge < -0.3 is 0 Å². The number of rotatable bonds is 8. The summed E-state index contributed by atoms with van der Waals surface area (Å²) < 4.78 is 0. The van der Waals surface area contributed by atoms with Crippen LogP contribution in [0.5, 0.6) is 0 Å². The second-order valence-electron chi connectivity index (χ2n) is 13.2. The molecule has 0 unspecified atom stereocenters. The Morgan fingerprint density at radius 3 is 0.926 bits per heavy atom. The van der Waals surface area contributed by atoms with Crippen LogP contribution in [0.3, 0.4) is 0 Å². The molecule has 0 atom stereocenters. The molecule has 4 nitrogen and oxygen atoms in total. The first kappa shape index (κ1) is 32.6. The normalized spacial score (nSPS) is 11.0. The maximum absolute atomic E-state index is 4.79. The Morgan fingerprint density at radius 2 is 0.537 bits per heavy atom. The SMILES string of the molecule is c1ccc(-c2cc(-c3cc(-c4ccnc(-c5ccccc5)c4)c(-c4ccc(-c5ccncc5)cc4)cc3-c3ccc(-c4ccncc4)cc3)ccn2)cc1. The molecule has 0 spiro atoms. The van der Waals surface area contributed by atoms with Gasteiger partial charge in [0, 0.05) is 48.3 Å². The molecular formula is C50H34N4. The average Bonchev–Trinajstić information content (AvgIpc) is 3.27. The third-order valence-electron chi connectivity index (χ3n) is 9.86. The van der Waals surface area contributed by atoms with Gasteiger partial charge in [0.15, 0.2) is 0 Å².